The van der Waals surface area contributed by atoms with Crippen molar-refractivity contribution in [2.24, 2.45) is 0 Å². The first-order valence-electron chi connectivity index (χ1n) is 6.56. The highest BCUT2D eigenvalue weighted by atomic mass is 16.5. The second-order valence-electron chi connectivity index (χ2n) is 4.71. The van der Waals surface area contributed by atoms with E-state index in [2.05, 4.69) is 23.3 Å². The summed E-state index contributed by atoms with van der Waals surface area (Å²) in [5.74, 6) is 0. The van der Waals surface area contributed by atoms with E-state index in [9.17, 15) is 0 Å². The minimum absolute atomic E-state index is 0.157. The van der Waals surface area contributed by atoms with E-state index in [4.69, 9.17) is 9.47 Å². The summed E-state index contributed by atoms with van der Waals surface area (Å²) >= 11 is 0. The number of hydrogen-bond acceptors (Lipinski definition) is 4. The van der Waals surface area contributed by atoms with Gasteiger partial charge in [0, 0.05) is 38.2 Å². The third-order valence-corrected chi connectivity index (χ3v) is 3.55. The molecule has 18 heavy (non-hydrogen) atoms. The number of ether oxygens (including phenoxy) is 2. The van der Waals surface area contributed by atoms with Gasteiger partial charge in [0.1, 0.15) is 0 Å². The Labute approximate surface area is 109 Å². The highest BCUT2D eigenvalue weighted by molar-refractivity contribution is 5.14. The second-order valence-corrected chi connectivity index (χ2v) is 4.71. The molecule has 0 aromatic carbocycles. The molecule has 1 N–H and O–H groups in total. The molecule has 0 spiro atoms. The van der Waals surface area contributed by atoms with Gasteiger partial charge in [0.25, 0.3) is 0 Å². The van der Waals surface area contributed by atoms with Crippen LogP contribution in [-0.2, 0) is 9.47 Å². The van der Waals surface area contributed by atoms with E-state index in [0.717, 1.165) is 13.0 Å². The average molecular weight is 250 g/mol. The minimum atomic E-state index is 0.157. The fourth-order valence-electron chi connectivity index (χ4n) is 2.49. The van der Waals surface area contributed by atoms with Crippen LogP contribution in [0.4, 0.5) is 0 Å². The van der Waals surface area contributed by atoms with Crippen LogP contribution in [0.2, 0.25) is 0 Å². The van der Waals surface area contributed by atoms with Gasteiger partial charge in [-0.3, -0.25) is 4.98 Å². The Morgan fingerprint density at radius 1 is 1.56 bits per heavy atom. The van der Waals surface area contributed by atoms with Crippen molar-refractivity contribution in [3.8, 4) is 0 Å². The summed E-state index contributed by atoms with van der Waals surface area (Å²) in [5.41, 5.74) is 1.20. The predicted molar refractivity (Wildman–Crippen MR) is 70.4 cm³/mol. The lowest BCUT2D eigenvalue weighted by molar-refractivity contribution is -0.133. The molecule has 0 radical (unpaired) electrons. The first kappa shape index (κ1) is 13.5. The molecule has 2 rings (SSSR count). The van der Waals surface area contributed by atoms with E-state index >= 15 is 0 Å². The van der Waals surface area contributed by atoms with Crippen molar-refractivity contribution in [3.05, 3.63) is 30.1 Å². The molecule has 1 heterocycles. The van der Waals surface area contributed by atoms with Gasteiger partial charge in [0.05, 0.1) is 12.2 Å². The van der Waals surface area contributed by atoms with Gasteiger partial charge in [0.15, 0.2) is 0 Å². The van der Waals surface area contributed by atoms with Crippen LogP contribution in [-0.4, -0.2) is 37.0 Å². The average Bonchev–Trinajstić information content (AvgIpc) is 2.38. The summed E-state index contributed by atoms with van der Waals surface area (Å²) in [6.07, 6.45) is 5.10. The monoisotopic (exact) mass is 250 g/mol. The minimum Gasteiger partial charge on any atom is -0.377 e. The van der Waals surface area contributed by atoms with Gasteiger partial charge < -0.3 is 14.8 Å². The van der Waals surface area contributed by atoms with Crippen molar-refractivity contribution in [1.29, 1.82) is 0 Å². The van der Waals surface area contributed by atoms with Crippen molar-refractivity contribution >= 4 is 0 Å². The summed E-state index contributed by atoms with van der Waals surface area (Å²) in [6.45, 7) is 4.92. The third-order valence-electron chi connectivity index (χ3n) is 3.55. The maximum atomic E-state index is 5.62. The highest BCUT2D eigenvalue weighted by Gasteiger charge is 2.42. The quantitative estimate of drug-likeness (QED) is 0.837. The van der Waals surface area contributed by atoms with Gasteiger partial charge in [-0.05, 0) is 31.9 Å². The Bertz CT molecular complexity index is 358. The fraction of sp³-hybridized carbons (Fsp3) is 0.643. The van der Waals surface area contributed by atoms with E-state index < -0.39 is 0 Å². The summed E-state index contributed by atoms with van der Waals surface area (Å²) in [4.78, 5) is 4.14. The van der Waals surface area contributed by atoms with E-state index in [0.29, 0.717) is 6.04 Å². The second kappa shape index (κ2) is 6.27. The smallest absolute Gasteiger partial charge is 0.0987 e. The number of methoxy groups -OCH3 is 1. The van der Waals surface area contributed by atoms with Crippen molar-refractivity contribution in [1.82, 2.24) is 10.3 Å². The lowest BCUT2D eigenvalue weighted by Crippen LogP contribution is -2.60. The maximum Gasteiger partial charge on any atom is 0.0987 e. The number of nitrogens with one attached hydrogen (secondary N) is 1. The summed E-state index contributed by atoms with van der Waals surface area (Å²) in [5, 5.41) is 3.58. The number of pyridine rings is 1. The van der Waals surface area contributed by atoms with E-state index in [1.807, 2.05) is 19.2 Å². The zero-order chi connectivity index (χ0) is 13.0. The molecule has 4 atom stereocenters. The molecule has 1 aliphatic carbocycles. The first-order valence-corrected chi connectivity index (χ1v) is 6.56. The summed E-state index contributed by atoms with van der Waals surface area (Å²) < 4.78 is 11.1. The predicted octanol–water partition coefficient (Wildman–Crippen LogP) is 1.92. The lowest BCUT2D eigenvalue weighted by atomic mass is 9.84. The van der Waals surface area contributed by atoms with Gasteiger partial charge in [-0.1, -0.05) is 6.07 Å². The Balaban J connectivity index is 1.87. The van der Waals surface area contributed by atoms with Crippen molar-refractivity contribution < 1.29 is 9.47 Å². The molecule has 0 bridgehead atoms. The fourth-order valence-corrected chi connectivity index (χ4v) is 2.49. The number of rotatable bonds is 6. The van der Waals surface area contributed by atoms with E-state index in [1.54, 1.807) is 13.3 Å². The molecule has 0 saturated heterocycles. The van der Waals surface area contributed by atoms with E-state index in [1.165, 1.54) is 5.56 Å². The zero-order valence-corrected chi connectivity index (χ0v) is 11.3. The van der Waals surface area contributed by atoms with Crippen LogP contribution in [0.3, 0.4) is 0 Å². The third kappa shape index (κ3) is 2.88. The van der Waals surface area contributed by atoms with Crippen LogP contribution in [0.5, 0.6) is 0 Å². The molecule has 4 unspecified atom stereocenters. The van der Waals surface area contributed by atoms with Gasteiger partial charge in [-0.15, -0.1) is 0 Å². The van der Waals surface area contributed by atoms with Crippen molar-refractivity contribution in [2.45, 2.75) is 44.6 Å². The summed E-state index contributed by atoms with van der Waals surface area (Å²) in [7, 11) is 1.75. The molecule has 4 heteroatoms. The molecule has 1 saturated carbocycles. The van der Waals surface area contributed by atoms with Crippen LogP contribution in [0.25, 0.3) is 0 Å². The molecule has 100 valence electrons. The molecular formula is C14H22N2O2. The Hall–Kier alpha value is -0.970. The Kier molecular flexibility index (Phi) is 4.69. The van der Waals surface area contributed by atoms with Gasteiger partial charge >= 0.3 is 0 Å². The molecule has 1 aromatic heterocycles. The first-order chi connectivity index (χ1) is 8.76. The molecule has 1 fully saturated rings. The normalized spacial score (nSPS) is 28.7. The van der Waals surface area contributed by atoms with Gasteiger partial charge in [0.2, 0.25) is 0 Å². The van der Waals surface area contributed by atoms with Crippen LogP contribution in [0.1, 0.15) is 31.9 Å². The number of hydrogen-bond donors (Lipinski definition) is 1. The number of aromatic nitrogens is 1. The standard InChI is InChI=1S/C14H22N2O2/c1-4-18-13-8-12(14(13)17-3)16-10(2)11-6-5-7-15-9-11/h5-7,9-10,12-14,16H,4,8H2,1-3H3. The maximum absolute atomic E-state index is 5.62. The molecule has 0 aliphatic heterocycles. The van der Waals surface area contributed by atoms with E-state index in [-0.39, 0.29) is 18.2 Å². The van der Waals surface area contributed by atoms with Gasteiger partial charge in [-0.25, -0.2) is 0 Å². The molecule has 4 nitrogen and oxygen atoms in total. The number of nitrogens with zero attached hydrogens (tertiary/aromatic N) is 1. The zero-order valence-electron chi connectivity index (χ0n) is 11.3. The molecule has 0 amide bonds. The van der Waals surface area contributed by atoms with Crippen LogP contribution in [0.15, 0.2) is 24.5 Å². The van der Waals surface area contributed by atoms with Crippen LogP contribution < -0.4 is 5.32 Å². The Morgan fingerprint density at radius 3 is 3.00 bits per heavy atom. The molecular weight excluding hydrogens is 228 g/mol. The van der Waals surface area contributed by atoms with Crippen molar-refractivity contribution in [2.75, 3.05) is 13.7 Å². The largest absolute Gasteiger partial charge is 0.377 e. The van der Waals surface area contributed by atoms with Crippen LogP contribution in [0, 0.1) is 0 Å². The Morgan fingerprint density at radius 2 is 2.39 bits per heavy atom. The lowest BCUT2D eigenvalue weighted by Gasteiger charge is -2.44. The molecule has 1 aliphatic rings. The SMILES string of the molecule is CCOC1CC(NC(C)c2cccnc2)C1OC. The van der Waals surface area contributed by atoms with Crippen LogP contribution >= 0.6 is 0 Å². The van der Waals surface area contributed by atoms with Crippen molar-refractivity contribution in [3.63, 3.8) is 0 Å². The summed E-state index contributed by atoms with van der Waals surface area (Å²) in [6, 6.07) is 4.70. The van der Waals surface area contributed by atoms with Gasteiger partial charge in [-0.2, -0.15) is 0 Å². The highest BCUT2D eigenvalue weighted by Crippen LogP contribution is 2.29. The topological polar surface area (TPSA) is 43.4 Å². The molecule has 1 aromatic rings.